The summed E-state index contributed by atoms with van der Waals surface area (Å²) in [6.45, 7) is 0. The molecular weight excluding hydrogens is 261 g/mol. The average molecular weight is 269 g/mol. The highest BCUT2D eigenvalue weighted by Crippen LogP contribution is 2.28. The highest BCUT2D eigenvalue weighted by molar-refractivity contribution is 9.10. The number of hydrogen-bond acceptors (Lipinski definition) is 2. The Kier molecular flexibility index (Phi) is 3.49. The molecule has 0 bridgehead atoms. The van der Waals surface area contributed by atoms with E-state index in [0.29, 0.717) is 10.0 Å². The van der Waals surface area contributed by atoms with Crippen molar-refractivity contribution in [3.8, 4) is 0 Å². The first kappa shape index (κ1) is 11.5. The van der Waals surface area contributed by atoms with E-state index in [4.69, 9.17) is 5.73 Å². The first-order valence-corrected chi connectivity index (χ1v) is 4.60. The molecule has 0 saturated carbocycles. The fourth-order valence-corrected chi connectivity index (χ4v) is 1.38. The number of alkyl halides is 3. The topological polar surface area (TPSA) is 38.9 Å². The van der Waals surface area contributed by atoms with Crippen LogP contribution in [0.4, 0.5) is 13.2 Å². The number of hydrogen-bond donors (Lipinski definition) is 1. The Morgan fingerprint density at radius 2 is 2.07 bits per heavy atom. The van der Waals surface area contributed by atoms with Crippen LogP contribution in [0, 0.1) is 0 Å². The molecular formula is C8H8BrF3N2. The van der Waals surface area contributed by atoms with Gasteiger partial charge in [0.15, 0.2) is 0 Å². The Labute approximate surface area is 87.4 Å². The highest BCUT2D eigenvalue weighted by Gasteiger charge is 2.30. The van der Waals surface area contributed by atoms with Crippen molar-refractivity contribution in [3.63, 3.8) is 0 Å². The van der Waals surface area contributed by atoms with Crippen molar-refractivity contribution in [1.82, 2.24) is 4.98 Å². The van der Waals surface area contributed by atoms with Crippen LogP contribution >= 0.6 is 15.9 Å². The molecule has 0 radical (unpaired) electrons. The molecule has 14 heavy (non-hydrogen) atoms. The fourth-order valence-electron chi connectivity index (χ4n) is 0.998. The van der Waals surface area contributed by atoms with Gasteiger partial charge in [-0.3, -0.25) is 4.98 Å². The van der Waals surface area contributed by atoms with Gasteiger partial charge >= 0.3 is 6.18 Å². The Morgan fingerprint density at radius 3 is 2.57 bits per heavy atom. The van der Waals surface area contributed by atoms with Crippen LogP contribution in [0.1, 0.15) is 18.0 Å². The van der Waals surface area contributed by atoms with Crippen molar-refractivity contribution in [2.24, 2.45) is 5.73 Å². The van der Waals surface area contributed by atoms with Crippen molar-refractivity contribution in [2.75, 3.05) is 0 Å². The predicted octanol–water partition coefficient (Wildman–Crippen LogP) is 2.80. The van der Waals surface area contributed by atoms with Crippen LogP contribution in [0.15, 0.2) is 22.9 Å². The molecule has 2 nitrogen and oxygen atoms in total. The molecule has 2 N–H and O–H groups in total. The molecule has 0 amide bonds. The molecule has 0 spiro atoms. The molecule has 78 valence electrons. The smallest absolute Gasteiger partial charge is 0.324 e. The van der Waals surface area contributed by atoms with Gasteiger partial charge in [-0.05, 0) is 27.6 Å². The normalized spacial score (nSPS) is 14.1. The molecule has 1 rings (SSSR count). The number of aromatic nitrogens is 1. The van der Waals surface area contributed by atoms with Gasteiger partial charge in [0.1, 0.15) is 0 Å². The largest absolute Gasteiger partial charge is 0.390 e. The molecule has 0 aliphatic rings. The van der Waals surface area contributed by atoms with E-state index in [0.717, 1.165) is 0 Å². The molecule has 0 unspecified atom stereocenters. The number of pyridine rings is 1. The first-order chi connectivity index (χ1) is 6.38. The van der Waals surface area contributed by atoms with Gasteiger partial charge in [0, 0.05) is 22.9 Å². The van der Waals surface area contributed by atoms with Gasteiger partial charge < -0.3 is 5.73 Å². The van der Waals surface area contributed by atoms with E-state index in [1.807, 2.05) is 0 Å². The van der Waals surface area contributed by atoms with E-state index in [1.165, 1.54) is 18.5 Å². The third-order valence-corrected chi connectivity index (χ3v) is 2.04. The van der Waals surface area contributed by atoms with E-state index in [-0.39, 0.29) is 0 Å². The van der Waals surface area contributed by atoms with Crippen LogP contribution in [0.25, 0.3) is 0 Å². The lowest BCUT2D eigenvalue weighted by Gasteiger charge is -2.13. The van der Waals surface area contributed by atoms with Crippen LogP contribution in [0.5, 0.6) is 0 Å². The van der Waals surface area contributed by atoms with Gasteiger partial charge in [-0.2, -0.15) is 13.2 Å². The monoisotopic (exact) mass is 268 g/mol. The minimum Gasteiger partial charge on any atom is -0.324 e. The number of halogens is 4. The summed E-state index contributed by atoms with van der Waals surface area (Å²) in [6, 6.07) is 0.476. The zero-order chi connectivity index (χ0) is 10.8. The first-order valence-electron chi connectivity index (χ1n) is 3.81. The van der Waals surface area contributed by atoms with Crippen LogP contribution < -0.4 is 5.73 Å². The third-order valence-electron chi connectivity index (χ3n) is 1.61. The summed E-state index contributed by atoms with van der Waals surface area (Å²) >= 11 is 3.11. The Hall–Kier alpha value is -0.620. The Balaban J connectivity index is 2.74. The van der Waals surface area contributed by atoms with E-state index >= 15 is 0 Å². The van der Waals surface area contributed by atoms with Crippen molar-refractivity contribution < 1.29 is 13.2 Å². The van der Waals surface area contributed by atoms with Gasteiger partial charge in [0.05, 0.1) is 6.42 Å². The molecule has 0 aliphatic heterocycles. The summed E-state index contributed by atoms with van der Waals surface area (Å²) < 4.78 is 36.6. The summed E-state index contributed by atoms with van der Waals surface area (Å²) in [7, 11) is 0. The van der Waals surface area contributed by atoms with Crippen molar-refractivity contribution >= 4 is 15.9 Å². The molecule has 1 heterocycles. The molecule has 0 saturated heterocycles. The van der Waals surface area contributed by atoms with E-state index in [2.05, 4.69) is 20.9 Å². The maximum atomic E-state index is 12.0. The maximum Gasteiger partial charge on any atom is 0.390 e. The summed E-state index contributed by atoms with van der Waals surface area (Å²) in [5.41, 5.74) is 5.74. The Morgan fingerprint density at radius 1 is 1.43 bits per heavy atom. The van der Waals surface area contributed by atoms with Gasteiger partial charge in [0.25, 0.3) is 0 Å². The summed E-state index contributed by atoms with van der Waals surface area (Å²) in [4.78, 5) is 3.74. The second kappa shape index (κ2) is 4.27. The zero-order valence-electron chi connectivity index (χ0n) is 7.05. The van der Waals surface area contributed by atoms with Crippen LogP contribution in [0.2, 0.25) is 0 Å². The standard InChI is InChI=1S/C8H8BrF3N2/c9-6-1-5(3-14-4-6)7(13)2-8(10,11)12/h1,3-4,7H,2,13H2/t7-/m1/s1. The maximum absolute atomic E-state index is 12.0. The number of nitrogens with two attached hydrogens (primary N) is 1. The van der Waals surface area contributed by atoms with Gasteiger partial charge in [-0.1, -0.05) is 0 Å². The quantitative estimate of drug-likeness (QED) is 0.896. The minimum atomic E-state index is -4.25. The average Bonchev–Trinajstić information content (AvgIpc) is 2.01. The molecule has 6 heteroatoms. The Bertz CT molecular complexity index is 314. The summed E-state index contributed by atoms with van der Waals surface area (Å²) in [5.74, 6) is 0. The van der Waals surface area contributed by atoms with Gasteiger partial charge in [0.2, 0.25) is 0 Å². The number of nitrogens with zero attached hydrogens (tertiary/aromatic N) is 1. The van der Waals surface area contributed by atoms with E-state index in [1.54, 1.807) is 0 Å². The molecule has 1 aromatic rings. The van der Waals surface area contributed by atoms with Crippen LogP contribution in [-0.4, -0.2) is 11.2 Å². The van der Waals surface area contributed by atoms with Gasteiger partial charge in [-0.15, -0.1) is 0 Å². The highest BCUT2D eigenvalue weighted by atomic mass is 79.9. The van der Waals surface area contributed by atoms with Crippen LogP contribution in [0.3, 0.4) is 0 Å². The lowest BCUT2D eigenvalue weighted by Crippen LogP contribution is -2.20. The lowest BCUT2D eigenvalue weighted by molar-refractivity contribution is -0.138. The third kappa shape index (κ3) is 3.63. The summed E-state index contributed by atoms with van der Waals surface area (Å²) in [6.07, 6.45) is -2.46. The van der Waals surface area contributed by atoms with E-state index < -0.39 is 18.6 Å². The van der Waals surface area contributed by atoms with Crippen molar-refractivity contribution in [1.29, 1.82) is 0 Å². The second-order valence-corrected chi connectivity index (χ2v) is 3.78. The van der Waals surface area contributed by atoms with Gasteiger partial charge in [-0.25, -0.2) is 0 Å². The van der Waals surface area contributed by atoms with Crippen molar-refractivity contribution in [2.45, 2.75) is 18.6 Å². The molecule has 0 aliphatic carbocycles. The zero-order valence-corrected chi connectivity index (χ0v) is 8.64. The molecule has 0 aromatic carbocycles. The SMILES string of the molecule is N[C@H](CC(F)(F)F)c1cncc(Br)c1. The fraction of sp³-hybridized carbons (Fsp3) is 0.375. The number of rotatable bonds is 2. The molecule has 1 aromatic heterocycles. The van der Waals surface area contributed by atoms with E-state index in [9.17, 15) is 13.2 Å². The molecule has 0 fully saturated rings. The van der Waals surface area contributed by atoms with Crippen LogP contribution in [-0.2, 0) is 0 Å². The molecule has 1 atom stereocenters. The van der Waals surface area contributed by atoms with Crippen molar-refractivity contribution in [3.05, 3.63) is 28.5 Å². The lowest BCUT2D eigenvalue weighted by atomic mass is 10.1. The summed E-state index contributed by atoms with van der Waals surface area (Å²) in [5, 5.41) is 0. The predicted molar refractivity (Wildman–Crippen MR) is 49.5 cm³/mol. The minimum absolute atomic E-state index is 0.372. The second-order valence-electron chi connectivity index (χ2n) is 2.86.